The zero-order valence-electron chi connectivity index (χ0n) is 16.6. The maximum absolute atomic E-state index is 12.4. The van der Waals surface area contributed by atoms with E-state index in [-0.39, 0.29) is 30.8 Å². The Hall–Kier alpha value is -2.44. The third-order valence-electron chi connectivity index (χ3n) is 5.02. The van der Waals surface area contributed by atoms with Crippen LogP contribution in [0.4, 0.5) is 0 Å². The highest BCUT2D eigenvalue weighted by molar-refractivity contribution is 5.95. The largest absolute Gasteiger partial charge is 0.493 e. The van der Waals surface area contributed by atoms with E-state index in [4.69, 9.17) is 14.2 Å². The third kappa shape index (κ3) is 5.52. The molecule has 1 saturated carbocycles. The van der Waals surface area contributed by atoms with Crippen LogP contribution in [-0.2, 0) is 4.79 Å². The van der Waals surface area contributed by atoms with Gasteiger partial charge in [0, 0.05) is 24.6 Å². The van der Waals surface area contributed by atoms with Crippen LogP contribution in [0.5, 0.6) is 17.2 Å². The van der Waals surface area contributed by atoms with Gasteiger partial charge in [-0.2, -0.15) is 0 Å². The highest BCUT2D eigenvalue weighted by atomic mass is 16.5. The minimum atomic E-state index is -0.298. The molecule has 0 heterocycles. The normalized spacial score (nSPS) is 19.1. The molecule has 0 unspecified atom stereocenters. The standard InChI is InChI=1S/C20H30N2O5/c1-13-7-5-6-8-15(13)22-18(23)9-10-21-20(24)14-11-16(25-2)19(27-4)17(12-14)26-3/h11-13,15H,5-10H2,1-4H3,(H,21,24)(H,22,23)/t13-,15-/m0/s1. The predicted molar refractivity (Wildman–Crippen MR) is 103 cm³/mol. The summed E-state index contributed by atoms with van der Waals surface area (Å²) in [7, 11) is 4.50. The number of methoxy groups -OCH3 is 3. The van der Waals surface area contributed by atoms with E-state index in [0.29, 0.717) is 28.7 Å². The molecule has 0 bridgehead atoms. The molecular weight excluding hydrogens is 348 g/mol. The molecule has 7 nitrogen and oxygen atoms in total. The Morgan fingerprint density at radius 1 is 1.04 bits per heavy atom. The van der Waals surface area contributed by atoms with Gasteiger partial charge < -0.3 is 24.8 Å². The van der Waals surface area contributed by atoms with Crippen molar-refractivity contribution in [1.29, 1.82) is 0 Å². The lowest BCUT2D eigenvalue weighted by atomic mass is 9.86. The molecule has 7 heteroatoms. The van der Waals surface area contributed by atoms with E-state index in [2.05, 4.69) is 17.6 Å². The number of ether oxygens (including phenoxy) is 3. The summed E-state index contributed by atoms with van der Waals surface area (Å²) < 4.78 is 15.8. The Balaban J connectivity index is 1.89. The first-order valence-corrected chi connectivity index (χ1v) is 9.37. The maximum atomic E-state index is 12.4. The van der Waals surface area contributed by atoms with Crippen LogP contribution < -0.4 is 24.8 Å². The number of carbonyl (C=O) groups is 2. The summed E-state index contributed by atoms with van der Waals surface area (Å²) in [6.07, 6.45) is 4.83. The molecule has 0 radical (unpaired) electrons. The van der Waals surface area contributed by atoms with Crippen LogP contribution in [-0.4, -0.2) is 45.7 Å². The van der Waals surface area contributed by atoms with Crippen molar-refractivity contribution in [1.82, 2.24) is 10.6 Å². The second-order valence-corrected chi connectivity index (χ2v) is 6.86. The molecule has 1 aliphatic carbocycles. The van der Waals surface area contributed by atoms with Crippen molar-refractivity contribution in [2.75, 3.05) is 27.9 Å². The fourth-order valence-corrected chi connectivity index (χ4v) is 3.41. The first-order valence-electron chi connectivity index (χ1n) is 9.37. The van der Waals surface area contributed by atoms with Gasteiger partial charge in [-0.05, 0) is 30.9 Å². The van der Waals surface area contributed by atoms with Crippen LogP contribution in [0, 0.1) is 5.92 Å². The van der Waals surface area contributed by atoms with Gasteiger partial charge >= 0.3 is 0 Å². The Labute approximate surface area is 160 Å². The molecule has 0 saturated heterocycles. The van der Waals surface area contributed by atoms with Crippen LogP contribution in [0.1, 0.15) is 49.4 Å². The molecule has 1 aliphatic rings. The summed E-state index contributed by atoms with van der Waals surface area (Å²) in [5, 5.41) is 5.85. The Bertz CT molecular complexity index is 637. The van der Waals surface area contributed by atoms with Crippen molar-refractivity contribution in [2.24, 2.45) is 5.92 Å². The Kier molecular flexibility index (Phi) is 7.76. The molecule has 2 atom stereocenters. The van der Waals surface area contributed by atoms with Gasteiger partial charge in [-0.3, -0.25) is 9.59 Å². The quantitative estimate of drug-likeness (QED) is 0.726. The SMILES string of the molecule is COc1cc(C(=O)NCCC(=O)N[C@H]2CCCC[C@@H]2C)cc(OC)c1OC. The van der Waals surface area contributed by atoms with Crippen LogP contribution >= 0.6 is 0 Å². The van der Waals surface area contributed by atoms with Gasteiger partial charge in [0.1, 0.15) is 0 Å². The lowest BCUT2D eigenvalue weighted by Gasteiger charge is -2.29. The summed E-state index contributed by atoms with van der Waals surface area (Å²) in [4.78, 5) is 24.5. The van der Waals surface area contributed by atoms with E-state index in [1.165, 1.54) is 27.8 Å². The molecule has 0 aliphatic heterocycles. The number of hydrogen-bond acceptors (Lipinski definition) is 5. The van der Waals surface area contributed by atoms with Gasteiger partial charge in [0.15, 0.2) is 11.5 Å². The second-order valence-electron chi connectivity index (χ2n) is 6.86. The summed E-state index contributed by atoms with van der Waals surface area (Å²) in [6.45, 7) is 2.44. The lowest BCUT2D eigenvalue weighted by molar-refractivity contribution is -0.122. The molecule has 27 heavy (non-hydrogen) atoms. The molecule has 2 amide bonds. The molecule has 1 fully saturated rings. The van der Waals surface area contributed by atoms with E-state index in [9.17, 15) is 9.59 Å². The number of amides is 2. The smallest absolute Gasteiger partial charge is 0.251 e. The van der Waals surface area contributed by atoms with Crippen molar-refractivity contribution < 1.29 is 23.8 Å². The molecule has 0 aromatic heterocycles. The fraction of sp³-hybridized carbons (Fsp3) is 0.600. The monoisotopic (exact) mass is 378 g/mol. The van der Waals surface area contributed by atoms with Gasteiger partial charge in [0.2, 0.25) is 11.7 Å². The van der Waals surface area contributed by atoms with Crippen molar-refractivity contribution >= 4 is 11.8 Å². The average Bonchev–Trinajstić information content (AvgIpc) is 2.68. The van der Waals surface area contributed by atoms with E-state index in [0.717, 1.165) is 19.3 Å². The zero-order chi connectivity index (χ0) is 19.8. The average molecular weight is 378 g/mol. The first kappa shape index (κ1) is 20.9. The van der Waals surface area contributed by atoms with E-state index in [1.54, 1.807) is 12.1 Å². The van der Waals surface area contributed by atoms with Gasteiger partial charge in [0.25, 0.3) is 5.91 Å². The van der Waals surface area contributed by atoms with Gasteiger partial charge in [0.05, 0.1) is 21.3 Å². The Morgan fingerprint density at radius 3 is 2.22 bits per heavy atom. The molecule has 150 valence electrons. The number of hydrogen-bond donors (Lipinski definition) is 2. The fourth-order valence-electron chi connectivity index (χ4n) is 3.41. The van der Waals surface area contributed by atoms with E-state index >= 15 is 0 Å². The van der Waals surface area contributed by atoms with Crippen molar-refractivity contribution in [3.63, 3.8) is 0 Å². The van der Waals surface area contributed by atoms with Crippen LogP contribution in [0.15, 0.2) is 12.1 Å². The summed E-state index contributed by atoms with van der Waals surface area (Å²) >= 11 is 0. The minimum absolute atomic E-state index is 0.0288. The topological polar surface area (TPSA) is 85.9 Å². The van der Waals surface area contributed by atoms with Gasteiger partial charge in [-0.15, -0.1) is 0 Å². The van der Waals surface area contributed by atoms with Gasteiger partial charge in [-0.1, -0.05) is 19.8 Å². The predicted octanol–water partition coefficient (Wildman–Crippen LogP) is 2.53. The minimum Gasteiger partial charge on any atom is -0.493 e. The molecule has 0 spiro atoms. The second kappa shape index (κ2) is 10.0. The van der Waals surface area contributed by atoms with E-state index in [1.807, 2.05) is 0 Å². The number of benzene rings is 1. The van der Waals surface area contributed by atoms with E-state index < -0.39 is 0 Å². The summed E-state index contributed by atoms with van der Waals surface area (Å²) in [5.41, 5.74) is 0.380. The molecule has 2 rings (SSSR count). The highest BCUT2D eigenvalue weighted by Gasteiger charge is 2.22. The van der Waals surface area contributed by atoms with Crippen molar-refractivity contribution in [3.05, 3.63) is 17.7 Å². The summed E-state index contributed by atoms with van der Waals surface area (Å²) in [5.74, 6) is 1.43. The number of rotatable bonds is 8. The molecule has 1 aromatic rings. The first-order chi connectivity index (χ1) is 13.0. The highest BCUT2D eigenvalue weighted by Crippen LogP contribution is 2.38. The van der Waals surface area contributed by atoms with Gasteiger partial charge in [-0.25, -0.2) is 0 Å². The van der Waals surface area contributed by atoms with Crippen molar-refractivity contribution in [2.45, 2.75) is 45.1 Å². The molecule has 1 aromatic carbocycles. The summed E-state index contributed by atoms with van der Waals surface area (Å²) in [6, 6.07) is 3.41. The molecular formula is C20H30N2O5. The van der Waals surface area contributed by atoms with Crippen LogP contribution in [0.3, 0.4) is 0 Å². The maximum Gasteiger partial charge on any atom is 0.251 e. The third-order valence-corrected chi connectivity index (χ3v) is 5.02. The van der Waals surface area contributed by atoms with Crippen molar-refractivity contribution in [3.8, 4) is 17.2 Å². The number of nitrogens with one attached hydrogen (secondary N) is 2. The van der Waals surface area contributed by atoms with Crippen LogP contribution in [0.2, 0.25) is 0 Å². The number of carbonyl (C=O) groups excluding carboxylic acids is 2. The zero-order valence-corrected chi connectivity index (χ0v) is 16.6. The molecule has 2 N–H and O–H groups in total. The lowest BCUT2D eigenvalue weighted by Crippen LogP contribution is -2.42. The van der Waals surface area contributed by atoms with Crippen LogP contribution in [0.25, 0.3) is 0 Å². The Morgan fingerprint density at radius 2 is 1.67 bits per heavy atom.